The van der Waals surface area contributed by atoms with Crippen molar-refractivity contribution >= 4 is 15.9 Å². The Morgan fingerprint density at radius 1 is 1.20 bits per heavy atom. The van der Waals surface area contributed by atoms with Gasteiger partial charge in [0, 0.05) is 17.1 Å². The van der Waals surface area contributed by atoms with Gasteiger partial charge in [0.05, 0.1) is 0 Å². The second kappa shape index (κ2) is 3.73. The van der Waals surface area contributed by atoms with Gasteiger partial charge in [-0.25, -0.2) is 4.68 Å². The molecule has 0 spiro atoms. The molecule has 0 saturated carbocycles. The summed E-state index contributed by atoms with van der Waals surface area (Å²) in [4.78, 5) is 0. The molecule has 1 aromatic heterocycles. The number of benzene rings is 1. The molecule has 0 N–H and O–H groups in total. The minimum atomic E-state index is 0.786. The summed E-state index contributed by atoms with van der Waals surface area (Å²) < 4.78 is 2.81. The van der Waals surface area contributed by atoms with E-state index in [0.717, 1.165) is 15.9 Å². The zero-order chi connectivity index (χ0) is 11.0. The number of halogens is 1. The van der Waals surface area contributed by atoms with Crippen molar-refractivity contribution in [1.82, 2.24) is 20.2 Å². The molecule has 0 radical (unpaired) electrons. The van der Waals surface area contributed by atoms with E-state index < -0.39 is 0 Å². The van der Waals surface area contributed by atoms with Gasteiger partial charge in [-0.15, -0.1) is 5.10 Å². The molecule has 15 heavy (non-hydrogen) atoms. The molecule has 0 amide bonds. The number of aromatic nitrogens is 4. The van der Waals surface area contributed by atoms with E-state index in [9.17, 15) is 0 Å². The summed E-state index contributed by atoms with van der Waals surface area (Å²) in [6.45, 7) is 4.12. The Morgan fingerprint density at radius 3 is 2.27 bits per heavy atom. The Balaban J connectivity index is 2.60. The summed E-state index contributed by atoms with van der Waals surface area (Å²) in [6.07, 6.45) is 0. The number of rotatable bonds is 1. The van der Waals surface area contributed by atoms with Gasteiger partial charge >= 0.3 is 0 Å². The molecule has 0 fully saturated rings. The standard InChI is InChI=1S/C10H11BrN4/c1-6-4-8(5-7(2)9(6)11)10-12-13-14-15(10)3/h4-5H,1-3H3. The molecular weight excluding hydrogens is 256 g/mol. The highest BCUT2D eigenvalue weighted by atomic mass is 79.9. The molecule has 1 aromatic carbocycles. The van der Waals surface area contributed by atoms with Gasteiger partial charge in [-0.1, -0.05) is 15.9 Å². The van der Waals surface area contributed by atoms with E-state index in [2.05, 4.69) is 57.4 Å². The first-order valence-electron chi connectivity index (χ1n) is 4.59. The van der Waals surface area contributed by atoms with Gasteiger partial charge in [0.25, 0.3) is 0 Å². The molecule has 0 aliphatic heterocycles. The van der Waals surface area contributed by atoms with Crippen LogP contribution in [0.25, 0.3) is 11.4 Å². The molecule has 2 rings (SSSR count). The number of aryl methyl sites for hydroxylation is 3. The molecule has 0 atom stereocenters. The molecule has 4 nitrogen and oxygen atoms in total. The highest BCUT2D eigenvalue weighted by Crippen LogP contribution is 2.26. The first-order chi connectivity index (χ1) is 7.09. The van der Waals surface area contributed by atoms with Crippen LogP contribution in [0.3, 0.4) is 0 Å². The van der Waals surface area contributed by atoms with Crippen LogP contribution in [0.5, 0.6) is 0 Å². The van der Waals surface area contributed by atoms with Crippen LogP contribution in [0.15, 0.2) is 16.6 Å². The van der Waals surface area contributed by atoms with Crippen LogP contribution < -0.4 is 0 Å². The van der Waals surface area contributed by atoms with E-state index in [1.54, 1.807) is 4.68 Å². The summed E-state index contributed by atoms with van der Waals surface area (Å²) in [6, 6.07) is 4.14. The number of hydrogen-bond acceptors (Lipinski definition) is 3. The summed E-state index contributed by atoms with van der Waals surface area (Å²) in [5, 5.41) is 11.4. The highest BCUT2D eigenvalue weighted by Gasteiger charge is 2.09. The van der Waals surface area contributed by atoms with Crippen molar-refractivity contribution in [2.75, 3.05) is 0 Å². The van der Waals surface area contributed by atoms with E-state index >= 15 is 0 Å². The van der Waals surface area contributed by atoms with Crippen LogP contribution in [0, 0.1) is 13.8 Å². The van der Waals surface area contributed by atoms with E-state index in [1.807, 2.05) is 7.05 Å². The molecular formula is C10H11BrN4. The zero-order valence-corrected chi connectivity index (χ0v) is 10.4. The molecule has 0 aliphatic rings. The van der Waals surface area contributed by atoms with Crippen molar-refractivity contribution in [2.45, 2.75) is 13.8 Å². The third-order valence-electron chi connectivity index (χ3n) is 2.31. The van der Waals surface area contributed by atoms with Crippen LogP contribution in [-0.4, -0.2) is 20.2 Å². The maximum atomic E-state index is 3.98. The first kappa shape index (κ1) is 10.3. The van der Waals surface area contributed by atoms with Gasteiger partial charge in [0.2, 0.25) is 0 Å². The van der Waals surface area contributed by atoms with Gasteiger partial charge in [0.1, 0.15) is 0 Å². The Bertz CT molecular complexity index is 481. The van der Waals surface area contributed by atoms with Gasteiger partial charge in [-0.2, -0.15) is 0 Å². The molecule has 0 saturated heterocycles. The summed E-state index contributed by atoms with van der Waals surface area (Å²) in [7, 11) is 1.84. The third kappa shape index (κ3) is 1.79. The molecule has 78 valence electrons. The molecule has 2 aromatic rings. The van der Waals surface area contributed by atoms with E-state index in [0.29, 0.717) is 0 Å². The Hall–Kier alpha value is -1.23. The lowest BCUT2D eigenvalue weighted by molar-refractivity contribution is 0.714. The van der Waals surface area contributed by atoms with E-state index in [-0.39, 0.29) is 0 Å². The average Bonchev–Trinajstić information content (AvgIpc) is 2.60. The van der Waals surface area contributed by atoms with E-state index in [4.69, 9.17) is 0 Å². The van der Waals surface area contributed by atoms with Crippen LogP contribution in [0.1, 0.15) is 11.1 Å². The highest BCUT2D eigenvalue weighted by molar-refractivity contribution is 9.10. The monoisotopic (exact) mass is 266 g/mol. The fourth-order valence-corrected chi connectivity index (χ4v) is 1.78. The van der Waals surface area contributed by atoms with Crippen LogP contribution in [0.4, 0.5) is 0 Å². The Labute approximate surface area is 96.4 Å². The maximum Gasteiger partial charge on any atom is 0.181 e. The first-order valence-corrected chi connectivity index (χ1v) is 5.38. The second-order valence-corrected chi connectivity index (χ2v) is 4.34. The largest absolute Gasteiger partial charge is 0.229 e. The smallest absolute Gasteiger partial charge is 0.181 e. The fraction of sp³-hybridized carbons (Fsp3) is 0.300. The lowest BCUT2D eigenvalue weighted by Crippen LogP contribution is -1.95. The van der Waals surface area contributed by atoms with Gasteiger partial charge < -0.3 is 0 Å². The van der Waals surface area contributed by atoms with Crippen molar-refractivity contribution in [2.24, 2.45) is 7.05 Å². The van der Waals surface area contributed by atoms with Crippen molar-refractivity contribution in [3.63, 3.8) is 0 Å². The van der Waals surface area contributed by atoms with Crippen molar-refractivity contribution < 1.29 is 0 Å². The molecule has 1 heterocycles. The number of hydrogen-bond donors (Lipinski definition) is 0. The minimum Gasteiger partial charge on any atom is -0.229 e. The van der Waals surface area contributed by atoms with E-state index in [1.165, 1.54) is 11.1 Å². The topological polar surface area (TPSA) is 43.6 Å². The normalized spacial score (nSPS) is 10.7. The molecule has 5 heteroatoms. The van der Waals surface area contributed by atoms with Crippen molar-refractivity contribution in [3.05, 3.63) is 27.7 Å². The average molecular weight is 267 g/mol. The van der Waals surface area contributed by atoms with Crippen LogP contribution in [0.2, 0.25) is 0 Å². The summed E-state index contributed by atoms with van der Waals surface area (Å²) >= 11 is 3.54. The Kier molecular flexibility index (Phi) is 2.56. The van der Waals surface area contributed by atoms with Crippen LogP contribution >= 0.6 is 15.9 Å². The minimum absolute atomic E-state index is 0.786. The van der Waals surface area contributed by atoms with Gasteiger partial charge in [-0.3, -0.25) is 0 Å². The molecule has 0 aliphatic carbocycles. The second-order valence-electron chi connectivity index (χ2n) is 3.55. The third-order valence-corrected chi connectivity index (χ3v) is 3.57. The lowest BCUT2D eigenvalue weighted by Gasteiger charge is -2.06. The predicted octanol–water partition coefficient (Wildman–Crippen LogP) is 2.26. The number of nitrogens with zero attached hydrogens (tertiary/aromatic N) is 4. The lowest BCUT2D eigenvalue weighted by atomic mass is 10.1. The van der Waals surface area contributed by atoms with Crippen molar-refractivity contribution in [1.29, 1.82) is 0 Å². The van der Waals surface area contributed by atoms with Crippen LogP contribution in [-0.2, 0) is 7.05 Å². The summed E-state index contributed by atoms with van der Waals surface area (Å²) in [5.74, 6) is 0.786. The zero-order valence-electron chi connectivity index (χ0n) is 8.82. The van der Waals surface area contributed by atoms with Crippen molar-refractivity contribution in [3.8, 4) is 11.4 Å². The molecule has 0 bridgehead atoms. The SMILES string of the molecule is Cc1cc(-c2nnnn2C)cc(C)c1Br. The predicted molar refractivity (Wildman–Crippen MR) is 61.4 cm³/mol. The quantitative estimate of drug-likeness (QED) is 0.796. The molecule has 0 unspecified atom stereocenters. The fourth-order valence-electron chi connectivity index (χ4n) is 1.55. The summed E-state index contributed by atoms with van der Waals surface area (Å²) in [5.41, 5.74) is 3.42. The Morgan fingerprint density at radius 2 is 1.80 bits per heavy atom. The van der Waals surface area contributed by atoms with Gasteiger partial charge in [0.15, 0.2) is 5.82 Å². The van der Waals surface area contributed by atoms with Gasteiger partial charge in [-0.05, 0) is 47.5 Å². The number of tetrazole rings is 1. The maximum absolute atomic E-state index is 3.98.